The Morgan fingerprint density at radius 3 is 2.72 bits per heavy atom. The summed E-state index contributed by atoms with van der Waals surface area (Å²) in [6, 6.07) is 2.10. The number of halogens is 2. The molecule has 2 nitrogen and oxygen atoms in total. The molecule has 2 atom stereocenters. The fourth-order valence-corrected chi connectivity index (χ4v) is 4.02. The molecule has 0 spiro atoms. The van der Waals surface area contributed by atoms with Gasteiger partial charge < -0.3 is 9.47 Å². The molecule has 0 amide bonds. The van der Waals surface area contributed by atoms with E-state index < -0.39 is 0 Å². The van der Waals surface area contributed by atoms with E-state index in [0.29, 0.717) is 0 Å². The van der Waals surface area contributed by atoms with Gasteiger partial charge in [0.05, 0.1) is 18.0 Å². The zero-order valence-electron chi connectivity index (χ0n) is 10.9. The SMILES string of the molecule is COc1c(C)cc(Br)c(C)c1C(Br)C1CCCO1. The maximum Gasteiger partial charge on any atom is 0.126 e. The smallest absolute Gasteiger partial charge is 0.126 e. The number of rotatable bonds is 3. The van der Waals surface area contributed by atoms with E-state index in [0.717, 1.165) is 35.2 Å². The quantitative estimate of drug-likeness (QED) is 0.711. The number of alkyl halides is 1. The zero-order valence-corrected chi connectivity index (χ0v) is 14.1. The van der Waals surface area contributed by atoms with Crippen LogP contribution in [0, 0.1) is 13.8 Å². The second kappa shape index (κ2) is 5.93. The molecule has 1 aromatic carbocycles. The normalized spacial score (nSPS) is 21.1. The van der Waals surface area contributed by atoms with Gasteiger partial charge in [0.1, 0.15) is 5.75 Å². The Labute approximate surface area is 125 Å². The minimum atomic E-state index is 0.186. The lowest BCUT2D eigenvalue weighted by atomic mass is 9.97. The molecule has 0 aromatic heterocycles. The summed E-state index contributed by atoms with van der Waals surface area (Å²) in [5.41, 5.74) is 3.57. The number of ether oxygens (including phenoxy) is 2. The molecule has 0 N–H and O–H groups in total. The lowest BCUT2D eigenvalue weighted by Gasteiger charge is -2.23. The number of benzene rings is 1. The molecule has 1 aliphatic rings. The number of aryl methyl sites for hydroxylation is 1. The molecule has 0 saturated carbocycles. The Bertz CT molecular complexity index is 440. The first kappa shape index (κ1) is 14.4. The molecular weight excluding hydrogens is 360 g/mol. The van der Waals surface area contributed by atoms with Gasteiger partial charge in [-0.1, -0.05) is 31.9 Å². The molecule has 18 heavy (non-hydrogen) atoms. The highest BCUT2D eigenvalue weighted by atomic mass is 79.9. The molecule has 1 heterocycles. The Morgan fingerprint density at radius 1 is 1.44 bits per heavy atom. The van der Waals surface area contributed by atoms with Crippen molar-refractivity contribution < 1.29 is 9.47 Å². The molecule has 1 aliphatic heterocycles. The van der Waals surface area contributed by atoms with Crippen molar-refractivity contribution in [3.05, 3.63) is 27.2 Å². The summed E-state index contributed by atoms with van der Waals surface area (Å²) >= 11 is 7.42. The highest BCUT2D eigenvalue weighted by Crippen LogP contribution is 2.43. The van der Waals surface area contributed by atoms with E-state index in [-0.39, 0.29) is 10.9 Å². The molecule has 0 aliphatic carbocycles. The molecular formula is C14H18Br2O2. The van der Waals surface area contributed by atoms with Crippen LogP contribution in [0.1, 0.15) is 34.4 Å². The van der Waals surface area contributed by atoms with Crippen molar-refractivity contribution in [2.75, 3.05) is 13.7 Å². The number of methoxy groups -OCH3 is 1. The summed E-state index contributed by atoms with van der Waals surface area (Å²) in [4.78, 5) is 0.186. The Kier molecular flexibility index (Phi) is 4.73. The van der Waals surface area contributed by atoms with Crippen LogP contribution in [-0.2, 0) is 4.74 Å². The molecule has 100 valence electrons. The van der Waals surface area contributed by atoms with Crippen molar-refractivity contribution in [2.45, 2.75) is 37.6 Å². The maximum absolute atomic E-state index is 5.79. The van der Waals surface area contributed by atoms with Gasteiger partial charge in [-0.25, -0.2) is 0 Å². The second-order valence-corrected chi connectivity index (χ2v) is 6.54. The van der Waals surface area contributed by atoms with Gasteiger partial charge in [-0.3, -0.25) is 0 Å². The molecule has 2 rings (SSSR count). The zero-order chi connectivity index (χ0) is 13.3. The van der Waals surface area contributed by atoms with Crippen LogP contribution >= 0.6 is 31.9 Å². The van der Waals surface area contributed by atoms with Crippen molar-refractivity contribution in [1.29, 1.82) is 0 Å². The van der Waals surface area contributed by atoms with Gasteiger partial charge in [-0.2, -0.15) is 0 Å². The van der Waals surface area contributed by atoms with Crippen molar-refractivity contribution in [1.82, 2.24) is 0 Å². The van der Waals surface area contributed by atoms with E-state index in [1.165, 1.54) is 11.1 Å². The van der Waals surface area contributed by atoms with E-state index in [4.69, 9.17) is 9.47 Å². The van der Waals surface area contributed by atoms with Gasteiger partial charge in [0, 0.05) is 16.6 Å². The van der Waals surface area contributed by atoms with Gasteiger partial charge in [-0.15, -0.1) is 0 Å². The molecule has 0 radical (unpaired) electrons. The minimum absolute atomic E-state index is 0.186. The third-order valence-electron chi connectivity index (χ3n) is 3.48. The lowest BCUT2D eigenvalue weighted by Crippen LogP contribution is -2.15. The predicted octanol–water partition coefficient (Wildman–Crippen LogP) is 4.69. The van der Waals surface area contributed by atoms with Crippen LogP contribution in [0.3, 0.4) is 0 Å². The average molecular weight is 378 g/mol. The fourth-order valence-electron chi connectivity index (χ4n) is 2.50. The van der Waals surface area contributed by atoms with Crippen LogP contribution in [0.5, 0.6) is 5.75 Å². The first-order valence-electron chi connectivity index (χ1n) is 6.15. The maximum atomic E-state index is 5.79. The summed E-state index contributed by atoms with van der Waals surface area (Å²) in [7, 11) is 1.73. The van der Waals surface area contributed by atoms with Crippen LogP contribution in [0.4, 0.5) is 0 Å². The third kappa shape index (κ3) is 2.61. The largest absolute Gasteiger partial charge is 0.496 e. The first-order valence-corrected chi connectivity index (χ1v) is 7.86. The third-order valence-corrected chi connectivity index (χ3v) is 5.35. The summed E-state index contributed by atoms with van der Waals surface area (Å²) in [6.45, 7) is 5.05. The van der Waals surface area contributed by atoms with Crippen molar-refractivity contribution in [2.24, 2.45) is 0 Å². The van der Waals surface area contributed by atoms with E-state index in [1.54, 1.807) is 7.11 Å². The topological polar surface area (TPSA) is 18.5 Å². The van der Waals surface area contributed by atoms with Gasteiger partial charge in [0.15, 0.2) is 0 Å². The number of hydrogen-bond acceptors (Lipinski definition) is 2. The summed E-state index contributed by atoms with van der Waals surface area (Å²) in [5.74, 6) is 0.966. The Hall–Kier alpha value is -0.0600. The van der Waals surface area contributed by atoms with Crippen molar-refractivity contribution in [3.63, 3.8) is 0 Å². The van der Waals surface area contributed by atoms with E-state index in [1.807, 2.05) is 0 Å². The molecule has 1 saturated heterocycles. The molecule has 1 fully saturated rings. The summed E-state index contributed by atoms with van der Waals surface area (Å²) < 4.78 is 12.5. The van der Waals surface area contributed by atoms with Crippen molar-refractivity contribution >= 4 is 31.9 Å². The summed E-state index contributed by atoms with van der Waals surface area (Å²) in [6.07, 6.45) is 2.48. The monoisotopic (exact) mass is 376 g/mol. The Morgan fingerprint density at radius 2 is 2.17 bits per heavy atom. The first-order chi connectivity index (χ1) is 8.56. The number of hydrogen-bond donors (Lipinski definition) is 0. The molecule has 2 unspecified atom stereocenters. The van der Waals surface area contributed by atoms with Gasteiger partial charge >= 0.3 is 0 Å². The average Bonchev–Trinajstić information content (AvgIpc) is 2.86. The van der Waals surface area contributed by atoms with Crippen molar-refractivity contribution in [3.8, 4) is 5.75 Å². The van der Waals surface area contributed by atoms with Crippen LogP contribution < -0.4 is 4.74 Å². The molecule has 0 bridgehead atoms. The highest BCUT2D eigenvalue weighted by Gasteiger charge is 2.29. The fraction of sp³-hybridized carbons (Fsp3) is 0.571. The standard InChI is InChI=1S/C14H18Br2O2/c1-8-7-10(15)9(2)12(14(8)17-3)13(16)11-5-4-6-18-11/h7,11,13H,4-6H2,1-3H3. The summed E-state index contributed by atoms with van der Waals surface area (Å²) in [5, 5.41) is 0. The van der Waals surface area contributed by atoms with E-state index >= 15 is 0 Å². The minimum Gasteiger partial charge on any atom is -0.496 e. The van der Waals surface area contributed by atoms with Crippen LogP contribution in [-0.4, -0.2) is 19.8 Å². The van der Waals surface area contributed by atoms with Gasteiger partial charge in [0.25, 0.3) is 0 Å². The lowest BCUT2D eigenvalue weighted by molar-refractivity contribution is 0.110. The predicted molar refractivity (Wildman–Crippen MR) is 80.8 cm³/mol. The van der Waals surface area contributed by atoms with E-state index in [9.17, 15) is 0 Å². The van der Waals surface area contributed by atoms with Crippen LogP contribution in [0.25, 0.3) is 0 Å². The van der Waals surface area contributed by atoms with Crippen LogP contribution in [0.15, 0.2) is 10.5 Å². The highest BCUT2D eigenvalue weighted by molar-refractivity contribution is 9.10. The Balaban J connectivity index is 2.46. The van der Waals surface area contributed by atoms with Crippen LogP contribution in [0.2, 0.25) is 0 Å². The van der Waals surface area contributed by atoms with E-state index in [2.05, 4.69) is 51.8 Å². The molecule has 1 aromatic rings. The van der Waals surface area contributed by atoms with Gasteiger partial charge in [0.2, 0.25) is 0 Å². The second-order valence-electron chi connectivity index (χ2n) is 4.70. The van der Waals surface area contributed by atoms with Gasteiger partial charge in [-0.05, 0) is 43.9 Å². The molecule has 4 heteroatoms.